The molecule has 0 N–H and O–H groups in total. The van der Waals surface area contributed by atoms with Gasteiger partial charge in [-0.3, -0.25) is 4.90 Å². The zero-order valence-electron chi connectivity index (χ0n) is 14.5. The molecule has 0 radical (unpaired) electrons. The number of methoxy groups -OCH3 is 1. The third kappa shape index (κ3) is 3.58. The molecule has 1 aliphatic rings. The summed E-state index contributed by atoms with van der Waals surface area (Å²) in [4.78, 5) is 1.83. The van der Waals surface area contributed by atoms with Gasteiger partial charge in [0.25, 0.3) is 0 Å². The number of piperazine rings is 1. The molecule has 1 atom stereocenters. The first-order chi connectivity index (χ1) is 12.3. The van der Waals surface area contributed by atoms with Gasteiger partial charge in [0.2, 0.25) is 10.0 Å². The summed E-state index contributed by atoms with van der Waals surface area (Å²) in [6.45, 7) is 1.04. The first-order valence-electron chi connectivity index (χ1n) is 8.12. The molecule has 5 nitrogen and oxygen atoms in total. The van der Waals surface area contributed by atoms with Crippen molar-refractivity contribution in [1.29, 1.82) is 0 Å². The van der Waals surface area contributed by atoms with E-state index in [1.54, 1.807) is 7.11 Å². The number of hydrogen-bond donors (Lipinski definition) is 0. The van der Waals surface area contributed by atoms with Crippen LogP contribution >= 0.6 is 0 Å². The standard InChI is InChI=1S/C18H20F2N2O3S/c1-21-9-10-22(12-18(21)13-3-5-14(25-2)6-4-13)26(23,24)15-7-8-16(19)17(20)11-15/h3-8,11,18H,9-10,12H2,1-2H3. The fourth-order valence-electron chi connectivity index (χ4n) is 3.04. The lowest BCUT2D eigenvalue weighted by Crippen LogP contribution is -2.48. The van der Waals surface area contributed by atoms with Crippen LogP contribution in [0.2, 0.25) is 0 Å². The van der Waals surface area contributed by atoms with Crippen LogP contribution in [0.5, 0.6) is 5.75 Å². The van der Waals surface area contributed by atoms with Gasteiger partial charge >= 0.3 is 0 Å². The second-order valence-corrected chi connectivity index (χ2v) is 8.15. The summed E-state index contributed by atoms with van der Waals surface area (Å²) >= 11 is 0. The minimum absolute atomic E-state index is 0.144. The van der Waals surface area contributed by atoms with Gasteiger partial charge in [-0.15, -0.1) is 0 Å². The number of likely N-dealkylation sites (N-methyl/N-ethyl adjacent to an activating group) is 1. The van der Waals surface area contributed by atoms with Crippen LogP contribution < -0.4 is 4.74 Å². The van der Waals surface area contributed by atoms with E-state index in [2.05, 4.69) is 4.90 Å². The number of rotatable bonds is 4. The quantitative estimate of drug-likeness (QED) is 0.816. The summed E-state index contributed by atoms with van der Waals surface area (Å²) in [6.07, 6.45) is 0. The Morgan fingerprint density at radius 2 is 1.73 bits per heavy atom. The van der Waals surface area contributed by atoms with Crippen molar-refractivity contribution in [3.05, 3.63) is 59.7 Å². The number of nitrogens with zero attached hydrogens (tertiary/aromatic N) is 2. The summed E-state index contributed by atoms with van der Waals surface area (Å²) in [7, 11) is -0.395. The van der Waals surface area contributed by atoms with Crippen molar-refractivity contribution in [3.8, 4) is 5.75 Å². The lowest BCUT2D eigenvalue weighted by atomic mass is 10.0. The van der Waals surface area contributed by atoms with E-state index < -0.39 is 21.7 Å². The highest BCUT2D eigenvalue weighted by molar-refractivity contribution is 7.89. The summed E-state index contributed by atoms with van der Waals surface area (Å²) < 4.78 is 58.7. The molecule has 0 amide bonds. The Morgan fingerprint density at radius 3 is 2.35 bits per heavy atom. The van der Waals surface area contributed by atoms with Crippen LogP contribution in [0.1, 0.15) is 11.6 Å². The summed E-state index contributed by atoms with van der Waals surface area (Å²) in [5.74, 6) is -1.52. The van der Waals surface area contributed by atoms with Gasteiger partial charge in [-0.05, 0) is 42.9 Å². The predicted molar refractivity (Wildman–Crippen MR) is 93.5 cm³/mol. The number of hydrogen-bond acceptors (Lipinski definition) is 4. The van der Waals surface area contributed by atoms with Crippen molar-refractivity contribution >= 4 is 10.0 Å². The van der Waals surface area contributed by atoms with E-state index >= 15 is 0 Å². The van der Waals surface area contributed by atoms with E-state index in [4.69, 9.17) is 4.74 Å². The Kier molecular flexibility index (Phi) is 5.27. The summed E-state index contributed by atoms with van der Waals surface area (Å²) in [5.41, 5.74) is 0.957. The maximum absolute atomic E-state index is 13.5. The van der Waals surface area contributed by atoms with Crippen LogP contribution in [-0.4, -0.2) is 51.4 Å². The van der Waals surface area contributed by atoms with Gasteiger partial charge in [-0.25, -0.2) is 17.2 Å². The van der Waals surface area contributed by atoms with Gasteiger partial charge in [0.15, 0.2) is 11.6 Å². The molecule has 26 heavy (non-hydrogen) atoms. The van der Waals surface area contributed by atoms with Crippen molar-refractivity contribution < 1.29 is 21.9 Å². The molecule has 2 aromatic rings. The molecular formula is C18H20F2N2O3S. The number of halogens is 2. The van der Waals surface area contributed by atoms with Gasteiger partial charge in [-0.2, -0.15) is 4.31 Å². The fraction of sp³-hybridized carbons (Fsp3) is 0.333. The first kappa shape index (κ1) is 18.8. The lowest BCUT2D eigenvalue weighted by molar-refractivity contribution is 0.148. The van der Waals surface area contributed by atoms with E-state index in [0.717, 1.165) is 29.5 Å². The average Bonchev–Trinajstić information content (AvgIpc) is 2.64. The lowest BCUT2D eigenvalue weighted by Gasteiger charge is -2.39. The minimum Gasteiger partial charge on any atom is -0.497 e. The molecule has 1 aliphatic heterocycles. The summed E-state index contributed by atoms with van der Waals surface area (Å²) in [5, 5.41) is 0. The average molecular weight is 382 g/mol. The van der Waals surface area contributed by atoms with E-state index in [1.165, 1.54) is 4.31 Å². The second-order valence-electron chi connectivity index (χ2n) is 6.21. The molecule has 1 unspecified atom stereocenters. The molecule has 1 saturated heterocycles. The van der Waals surface area contributed by atoms with Crippen LogP contribution in [0.15, 0.2) is 47.4 Å². The second kappa shape index (κ2) is 7.30. The van der Waals surface area contributed by atoms with Crippen molar-refractivity contribution in [2.45, 2.75) is 10.9 Å². The Labute approximate surface area is 151 Å². The van der Waals surface area contributed by atoms with Gasteiger partial charge in [-0.1, -0.05) is 12.1 Å². The highest BCUT2D eigenvalue weighted by Crippen LogP contribution is 2.29. The smallest absolute Gasteiger partial charge is 0.243 e. The zero-order valence-corrected chi connectivity index (χ0v) is 15.3. The molecule has 8 heteroatoms. The Hall–Kier alpha value is -2.03. The van der Waals surface area contributed by atoms with Crippen LogP contribution in [0.3, 0.4) is 0 Å². The van der Waals surface area contributed by atoms with E-state index in [1.807, 2.05) is 31.3 Å². The molecule has 0 bridgehead atoms. The Morgan fingerprint density at radius 1 is 1.04 bits per heavy atom. The molecular weight excluding hydrogens is 362 g/mol. The van der Waals surface area contributed by atoms with Gasteiger partial charge in [0.1, 0.15) is 5.75 Å². The Balaban J connectivity index is 1.87. The molecule has 3 rings (SSSR count). The van der Waals surface area contributed by atoms with Gasteiger partial charge in [0, 0.05) is 25.7 Å². The number of benzene rings is 2. The highest BCUT2D eigenvalue weighted by atomic mass is 32.2. The van der Waals surface area contributed by atoms with Crippen molar-refractivity contribution in [2.24, 2.45) is 0 Å². The SMILES string of the molecule is COc1ccc(C2CN(S(=O)(=O)c3ccc(F)c(F)c3)CCN2C)cc1. The van der Waals surface area contributed by atoms with Gasteiger partial charge in [0.05, 0.1) is 12.0 Å². The monoisotopic (exact) mass is 382 g/mol. The first-order valence-corrected chi connectivity index (χ1v) is 9.56. The van der Waals surface area contributed by atoms with E-state index in [9.17, 15) is 17.2 Å². The predicted octanol–water partition coefficient (Wildman–Crippen LogP) is 2.65. The van der Waals surface area contributed by atoms with Crippen LogP contribution in [0.25, 0.3) is 0 Å². The van der Waals surface area contributed by atoms with E-state index in [0.29, 0.717) is 6.54 Å². The number of sulfonamides is 1. The molecule has 1 fully saturated rings. The molecule has 140 valence electrons. The highest BCUT2D eigenvalue weighted by Gasteiger charge is 2.33. The molecule has 0 spiro atoms. The molecule has 0 saturated carbocycles. The van der Waals surface area contributed by atoms with Crippen LogP contribution in [0, 0.1) is 11.6 Å². The topological polar surface area (TPSA) is 49.9 Å². The number of ether oxygens (including phenoxy) is 1. The van der Waals surface area contributed by atoms with Gasteiger partial charge < -0.3 is 4.74 Å². The van der Waals surface area contributed by atoms with Crippen LogP contribution in [0.4, 0.5) is 8.78 Å². The maximum atomic E-state index is 13.5. The molecule has 1 heterocycles. The fourth-order valence-corrected chi connectivity index (χ4v) is 4.49. The Bertz CT molecular complexity index is 888. The summed E-state index contributed by atoms with van der Waals surface area (Å²) in [6, 6.07) is 9.95. The zero-order chi connectivity index (χ0) is 18.9. The molecule has 0 aliphatic carbocycles. The van der Waals surface area contributed by atoms with Crippen LogP contribution in [-0.2, 0) is 10.0 Å². The van der Waals surface area contributed by atoms with Crippen molar-refractivity contribution in [1.82, 2.24) is 9.21 Å². The van der Waals surface area contributed by atoms with Crippen molar-refractivity contribution in [3.63, 3.8) is 0 Å². The third-order valence-corrected chi connectivity index (χ3v) is 6.50. The third-order valence-electron chi connectivity index (χ3n) is 4.64. The van der Waals surface area contributed by atoms with E-state index in [-0.39, 0.29) is 24.0 Å². The largest absolute Gasteiger partial charge is 0.497 e. The normalized spacial score (nSPS) is 19.5. The molecule has 2 aromatic carbocycles. The molecule has 0 aromatic heterocycles. The maximum Gasteiger partial charge on any atom is 0.243 e. The minimum atomic E-state index is -3.90. The van der Waals surface area contributed by atoms with Crippen molar-refractivity contribution in [2.75, 3.05) is 33.8 Å².